The lowest BCUT2D eigenvalue weighted by Gasteiger charge is -2.42. The molecule has 1 amide bonds. The molecule has 0 aromatic carbocycles. The lowest BCUT2D eigenvalue weighted by Crippen LogP contribution is -2.64. The second-order valence-electron chi connectivity index (χ2n) is 5.11. The second kappa shape index (κ2) is 8.40. The molecule has 4 N–H and O–H groups in total. The summed E-state index contributed by atoms with van der Waals surface area (Å²) in [7, 11) is 0. The van der Waals surface area contributed by atoms with E-state index < -0.39 is 43.2 Å². The van der Waals surface area contributed by atoms with E-state index in [4.69, 9.17) is 14.6 Å². The number of nitrogens with one attached hydrogen (secondary N) is 1. The van der Waals surface area contributed by atoms with Crippen molar-refractivity contribution in [2.45, 2.75) is 57.3 Å². The first kappa shape index (κ1) is 18.0. The van der Waals surface area contributed by atoms with Gasteiger partial charge in [0, 0.05) is 13.3 Å². The first-order valence-corrected chi connectivity index (χ1v) is 6.87. The summed E-state index contributed by atoms with van der Waals surface area (Å²) in [5.74, 6) is -0.375. The van der Waals surface area contributed by atoms with Crippen molar-refractivity contribution in [3.8, 4) is 0 Å². The zero-order valence-electron chi connectivity index (χ0n) is 12.2. The summed E-state index contributed by atoms with van der Waals surface area (Å²) in [6.45, 7) is 2.45. The number of amides is 1. The van der Waals surface area contributed by atoms with E-state index in [9.17, 15) is 19.8 Å². The zero-order chi connectivity index (χ0) is 16.0. The highest BCUT2D eigenvalue weighted by molar-refractivity contribution is 5.75. The number of Topliss-reactive ketones (excluding diaryl/α,β-unsaturated/α-hetero) is 1. The van der Waals surface area contributed by atoms with Crippen molar-refractivity contribution in [1.29, 1.82) is 0 Å². The van der Waals surface area contributed by atoms with Crippen molar-refractivity contribution >= 4 is 11.7 Å². The molecule has 1 rings (SSSR count). The van der Waals surface area contributed by atoms with E-state index in [0.717, 1.165) is 0 Å². The third-order valence-corrected chi connectivity index (χ3v) is 3.21. The minimum atomic E-state index is -1.33. The minimum Gasteiger partial charge on any atom is -0.394 e. The Hall–Kier alpha value is -1.06. The number of hydrogen-bond acceptors (Lipinski definition) is 7. The van der Waals surface area contributed by atoms with Crippen molar-refractivity contribution in [2.24, 2.45) is 0 Å². The van der Waals surface area contributed by atoms with Gasteiger partial charge in [0.1, 0.15) is 30.1 Å². The molecule has 8 nitrogen and oxygen atoms in total. The van der Waals surface area contributed by atoms with Gasteiger partial charge in [-0.1, -0.05) is 0 Å². The highest BCUT2D eigenvalue weighted by Gasteiger charge is 2.45. The van der Waals surface area contributed by atoms with Gasteiger partial charge >= 0.3 is 0 Å². The van der Waals surface area contributed by atoms with Gasteiger partial charge in [-0.25, -0.2) is 0 Å². The van der Waals surface area contributed by atoms with Crippen molar-refractivity contribution in [2.75, 3.05) is 13.2 Å². The fourth-order valence-electron chi connectivity index (χ4n) is 2.13. The Balaban J connectivity index is 2.64. The van der Waals surface area contributed by atoms with Crippen molar-refractivity contribution in [1.82, 2.24) is 5.32 Å². The molecule has 0 aliphatic carbocycles. The Bertz CT molecular complexity index is 362. The number of carbonyl (C=O) groups excluding carboxylic acids is 2. The Kier molecular flexibility index (Phi) is 7.20. The van der Waals surface area contributed by atoms with E-state index >= 15 is 0 Å². The average Bonchev–Trinajstić information content (AvgIpc) is 2.41. The summed E-state index contributed by atoms with van der Waals surface area (Å²) in [6, 6.07) is -0.947. The molecule has 1 fully saturated rings. The zero-order valence-corrected chi connectivity index (χ0v) is 12.2. The van der Waals surface area contributed by atoms with Crippen LogP contribution in [-0.2, 0) is 19.1 Å². The molecule has 1 aliphatic rings. The molecule has 1 aliphatic heterocycles. The predicted octanol–water partition coefficient (Wildman–Crippen LogP) is -1.68. The van der Waals surface area contributed by atoms with E-state index in [1.807, 2.05) is 0 Å². The fraction of sp³-hybridized carbons (Fsp3) is 0.846. The topological polar surface area (TPSA) is 125 Å². The number of aliphatic hydroxyl groups is 3. The lowest BCUT2D eigenvalue weighted by molar-refractivity contribution is -0.270. The molecule has 5 atom stereocenters. The van der Waals surface area contributed by atoms with Gasteiger partial charge in [-0.2, -0.15) is 0 Å². The van der Waals surface area contributed by atoms with Gasteiger partial charge in [-0.15, -0.1) is 0 Å². The summed E-state index contributed by atoms with van der Waals surface area (Å²) < 4.78 is 10.8. The highest BCUT2D eigenvalue weighted by Crippen LogP contribution is 2.22. The van der Waals surface area contributed by atoms with Crippen LogP contribution in [0.15, 0.2) is 0 Å². The standard InChI is InChI=1S/C13H23NO7/c1-7(16)4-3-5-20-13-10(14-8(2)17)12(19)11(18)9(6-15)21-13/h9-13,15,18-19H,3-6H2,1-2H3,(H,14,17). The van der Waals surface area contributed by atoms with E-state index in [1.165, 1.54) is 13.8 Å². The van der Waals surface area contributed by atoms with Crippen LogP contribution in [0, 0.1) is 0 Å². The summed E-state index contributed by atoms with van der Waals surface area (Å²) in [6.07, 6.45) is -3.82. The molecular formula is C13H23NO7. The molecule has 0 bridgehead atoms. The Labute approximate surface area is 123 Å². The van der Waals surface area contributed by atoms with Crippen LogP contribution >= 0.6 is 0 Å². The fourth-order valence-corrected chi connectivity index (χ4v) is 2.13. The molecule has 0 aromatic heterocycles. The van der Waals surface area contributed by atoms with Crippen LogP contribution in [0.25, 0.3) is 0 Å². The first-order chi connectivity index (χ1) is 9.86. The maximum atomic E-state index is 11.2. The van der Waals surface area contributed by atoms with E-state index in [-0.39, 0.29) is 12.4 Å². The molecule has 21 heavy (non-hydrogen) atoms. The molecule has 1 heterocycles. The van der Waals surface area contributed by atoms with Crippen LogP contribution in [0.5, 0.6) is 0 Å². The number of ether oxygens (including phenoxy) is 2. The van der Waals surface area contributed by atoms with Crippen molar-refractivity contribution < 1.29 is 34.4 Å². The van der Waals surface area contributed by atoms with E-state index in [2.05, 4.69) is 5.32 Å². The highest BCUT2D eigenvalue weighted by atomic mass is 16.7. The van der Waals surface area contributed by atoms with Gasteiger partial charge in [0.05, 0.1) is 13.2 Å². The summed E-state index contributed by atoms with van der Waals surface area (Å²) in [4.78, 5) is 22.0. The van der Waals surface area contributed by atoms with Gasteiger partial charge in [0.25, 0.3) is 0 Å². The lowest BCUT2D eigenvalue weighted by atomic mass is 9.97. The molecule has 122 valence electrons. The van der Waals surface area contributed by atoms with Crippen LogP contribution in [0.1, 0.15) is 26.7 Å². The molecule has 1 saturated heterocycles. The van der Waals surface area contributed by atoms with Crippen molar-refractivity contribution in [3.05, 3.63) is 0 Å². The van der Waals surface area contributed by atoms with Gasteiger partial charge < -0.3 is 34.9 Å². The Morgan fingerprint density at radius 3 is 2.43 bits per heavy atom. The number of carbonyl (C=O) groups is 2. The van der Waals surface area contributed by atoms with Gasteiger partial charge in [0.2, 0.25) is 5.91 Å². The van der Waals surface area contributed by atoms with Crippen molar-refractivity contribution in [3.63, 3.8) is 0 Å². The second-order valence-corrected chi connectivity index (χ2v) is 5.11. The summed E-state index contributed by atoms with van der Waals surface area (Å²) in [5.41, 5.74) is 0. The normalized spacial score (nSPS) is 32.7. The van der Waals surface area contributed by atoms with Gasteiger partial charge in [0.15, 0.2) is 6.29 Å². The molecule has 0 spiro atoms. The summed E-state index contributed by atoms with van der Waals surface area (Å²) in [5, 5.41) is 31.4. The summed E-state index contributed by atoms with van der Waals surface area (Å²) >= 11 is 0. The maximum Gasteiger partial charge on any atom is 0.217 e. The minimum absolute atomic E-state index is 0.0327. The SMILES string of the molecule is CC(=O)CCCOC1OC(CO)C(O)C(O)C1NC(C)=O. The van der Waals surface area contributed by atoms with Crippen LogP contribution in [-0.4, -0.2) is 70.9 Å². The molecule has 5 unspecified atom stereocenters. The Morgan fingerprint density at radius 1 is 1.24 bits per heavy atom. The smallest absolute Gasteiger partial charge is 0.217 e. The van der Waals surface area contributed by atoms with E-state index in [1.54, 1.807) is 0 Å². The van der Waals surface area contributed by atoms with Gasteiger partial charge in [-0.05, 0) is 13.3 Å². The number of hydrogen-bond donors (Lipinski definition) is 4. The van der Waals surface area contributed by atoms with E-state index in [0.29, 0.717) is 12.8 Å². The van der Waals surface area contributed by atoms with Crippen LogP contribution in [0.3, 0.4) is 0 Å². The molecule has 0 radical (unpaired) electrons. The van der Waals surface area contributed by atoms with Gasteiger partial charge in [-0.3, -0.25) is 4.79 Å². The van der Waals surface area contributed by atoms with Crippen LogP contribution in [0.4, 0.5) is 0 Å². The molecular weight excluding hydrogens is 282 g/mol. The van der Waals surface area contributed by atoms with Crippen LogP contribution < -0.4 is 5.32 Å². The number of ketones is 1. The monoisotopic (exact) mass is 305 g/mol. The Morgan fingerprint density at radius 2 is 1.90 bits per heavy atom. The molecule has 8 heteroatoms. The third kappa shape index (κ3) is 5.33. The quantitative estimate of drug-likeness (QED) is 0.414. The third-order valence-electron chi connectivity index (χ3n) is 3.21. The first-order valence-electron chi connectivity index (χ1n) is 6.87. The molecule has 0 saturated carbocycles. The average molecular weight is 305 g/mol. The number of rotatable bonds is 7. The predicted molar refractivity (Wildman–Crippen MR) is 71.2 cm³/mol. The van der Waals surface area contributed by atoms with Crippen LogP contribution in [0.2, 0.25) is 0 Å². The molecule has 0 aromatic rings. The number of aliphatic hydroxyl groups excluding tert-OH is 3. The maximum absolute atomic E-state index is 11.2. The largest absolute Gasteiger partial charge is 0.394 e.